The van der Waals surface area contributed by atoms with Crippen molar-refractivity contribution < 1.29 is 0 Å². The van der Waals surface area contributed by atoms with Gasteiger partial charge in [-0.2, -0.15) is 0 Å². The van der Waals surface area contributed by atoms with Crippen LogP contribution < -0.4 is 5.32 Å². The van der Waals surface area contributed by atoms with Gasteiger partial charge >= 0.3 is 0 Å². The summed E-state index contributed by atoms with van der Waals surface area (Å²) in [5.41, 5.74) is 1.41. The first kappa shape index (κ1) is 9.78. The summed E-state index contributed by atoms with van der Waals surface area (Å²) in [6.45, 7) is 6.56. The monoisotopic (exact) mass is 210 g/mol. The smallest absolute Gasteiger partial charge is 0.129 e. The lowest BCUT2D eigenvalue weighted by molar-refractivity contribution is 0.497. The Labute approximate surface area is 89.7 Å². The zero-order valence-corrected chi connectivity index (χ0v) is 9.47. The van der Waals surface area contributed by atoms with Crippen LogP contribution in [0.2, 0.25) is 0 Å². The van der Waals surface area contributed by atoms with Crippen LogP contribution in [0.5, 0.6) is 0 Å². The van der Waals surface area contributed by atoms with Crippen LogP contribution in [0, 0.1) is 11.3 Å². The van der Waals surface area contributed by atoms with Crippen molar-refractivity contribution in [2.24, 2.45) is 16.3 Å². The quantitative estimate of drug-likeness (QED) is 0.653. The predicted molar refractivity (Wildman–Crippen MR) is 60.4 cm³/mol. The molecule has 3 heteroatoms. The van der Waals surface area contributed by atoms with Gasteiger partial charge in [0.05, 0.1) is 5.92 Å². The third-order valence-corrected chi connectivity index (χ3v) is 3.01. The second-order valence-electron chi connectivity index (χ2n) is 4.82. The molecule has 2 rings (SSSR count). The Balaban J connectivity index is 2.28. The fraction of sp³-hybridized carbons (Fsp3) is 0.545. The summed E-state index contributed by atoms with van der Waals surface area (Å²) in [6, 6.07) is 0. The van der Waals surface area contributed by atoms with Crippen molar-refractivity contribution in [3.63, 3.8) is 0 Å². The second-order valence-corrected chi connectivity index (χ2v) is 5.25. The van der Waals surface area contributed by atoms with Gasteiger partial charge in [0.25, 0.3) is 0 Å². The molecule has 0 fully saturated rings. The van der Waals surface area contributed by atoms with E-state index in [-0.39, 0.29) is 17.5 Å². The topological polar surface area (TPSA) is 24.4 Å². The zero-order valence-electron chi connectivity index (χ0n) is 8.71. The number of hydrogen-bond acceptors (Lipinski definition) is 2. The van der Waals surface area contributed by atoms with Crippen molar-refractivity contribution in [2.45, 2.75) is 26.9 Å². The lowest BCUT2D eigenvalue weighted by atomic mass is 9.83. The van der Waals surface area contributed by atoms with Crippen molar-refractivity contribution in [3.05, 3.63) is 22.9 Å². The van der Waals surface area contributed by atoms with Crippen LogP contribution in [0.15, 0.2) is 27.9 Å². The van der Waals surface area contributed by atoms with Crippen LogP contribution in [0.3, 0.4) is 0 Å². The summed E-state index contributed by atoms with van der Waals surface area (Å²) in [4.78, 5) is 4.45. The van der Waals surface area contributed by atoms with Gasteiger partial charge in [-0.15, -0.1) is 0 Å². The molecule has 0 amide bonds. The molecular weight excluding hydrogens is 196 g/mol. The molecule has 2 nitrogen and oxygen atoms in total. The molecule has 2 aliphatic rings. The van der Waals surface area contributed by atoms with Crippen molar-refractivity contribution in [1.29, 1.82) is 0 Å². The number of halogens is 1. The van der Waals surface area contributed by atoms with E-state index in [1.54, 1.807) is 0 Å². The molecule has 0 saturated carbocycles. The Morgan fingerprint density at radius 3 is 2.79 bits per heavy atom. The van der Waals surface area contributed by atoms with E-state index in [0.29, 0.717) is 0 Å². The van der Waals surface area contributed by atoms with Crippen LogP contribution in [0.25, 0.3) is 0 Å². The Morgan fingerprint density at radius 2 is 2.14 bits per heavy atom. The SMILES string of the molecule is CC(C)(C)C1=CC2C(Cl)=CNC2N=C1. The van der Waals surface area contributed by atoms with Crippen LogP contribution in [-0.4, -0.2) is 12.4 Å². The highest BCUT2D eigenvalue weighted by atomic mass is 35.5. The van der Waals surface area contributed by atoms with Crippen molar-refractivity contribution in [3.8, 4) is 0 Å². The van der Waals surface area contributed by atoms with E-state index in [9.17, 15) is 0 Å². The van der Waals surface area contributed by atoms with Gasteiger partial charge in [0.1, 0.15) is 6.17 Å². The molecule has 14 heavy (non-hydrogen) atoms. The van der Waals surface area contributed by atoms with Gasteiger partial charge in [-0.25, -0.2) is 0 Å². The highest BCUT2D eigenvalue weighted by Crippen LogP contribution is 2.34. The molecule has 2 unspecified atom stereocenters. The maximum atomic E-state index is 6.08. The molecule has 0 bridgehead atoms. The van der Waals surface area contributed by atoms with Crippen LogP contribution in [0.1, 0.15) is 20.8 Å². The fourth-order valence-electron chi connectivity index (χ4n) is 1.66. The minimum absolute atomic E-state index is 0.119. The average molecular weight is 211 g/mol. The molecule has 0 spiro atoms. The molecular formula is C11H15ClN2. The number of hydrogen-bond donors (Lipinski definition) is 1. The lowest BCUT2D eigenvalue weighted by Crippen LogP contribution is -2.29. The third-order valence-electron chi connectivity index (χ3n) is 2.65. The van der Waals surface area contributed by atoms with Crippen LogP contribution in [0.4, 0.5) is 0 Å². The van der Waals surface area contributed by atoms with Gasteiger partial charge in [0.15, 0.2) is 0 Å². The highest BCUT2D eigenvalue weighted by Gasteiger charge is 2.31. The molecule has 0 radical (unpaired) electrons. The molecule has 2 atom stereocenters. The van der Waals surface area contributed by atoms with Gasteiger partial charge in [0.2, 0.25) is 0 Å². The zero-order chi connectivity index (χ0) is 10.3. The number of nitrogens with zero attached hydrogens (tertiary/aromatic N) is 1. The van der Waals surface area contributed by atoms with Crippen LogP contribution >= 0.6 is 11.6 Å². The van der Waals surface area contributed by atoms with Gasteiger partial charge in [-0.1, -0.05) is 38.4 Å². The Hall–Kier alpha value is -0.760. The number of nitrogens with one attached hydrogen (secondary N) is 1. The van der Waals surface area contributed by atoms with Gasteiger partial charge in [-0.3, -0.25) is 4.99 Å². The molecule has 76 valence electrons. The Morgan fingerprint density at radius 1 is 1.43 bits per heavy atom. The van der Waals surface area contributed by atoms with E-state index in [2.05, 4.69) is 37.2 Å². The number of allylic oxidation sites excluding steroid dienone is 1. The summed E-state index contributed by atoms with van der Waals surface area (Å²) in [5, 5.41) is 4.00. The number of dihydropyridines is 1. The molecule has 0 aromatic carbocycles. The third kappa shape index (κ3) is 1.59. The summed E-state index contributed by atoms with van der Waals surface area (Å²) >= 11 is 6.08. The van der Waals surface area contributed by atoms with E-state index in [1.165, 1.54) is 5.57 Å². The van der Waals surface area contributed by atoms with E-state index < -0.39 is 0 Å². The van der Waals surface area contributed by atoms with Gasteiger partial charge in [-0.05, 0) is 11.0 Å². The first-order valence-corrected chi connectivity index (χ1v) is 5.23. The lowest BCUT2D eigenvalue weighted by Gasteiger charge is -2.26. The van der Waals surface area contributed by atoms with Gasteiger partial charge < -0.3 is 5.32 Å². The van der Waals surface area contributed by atoms with E-state index in [1.807, 2.05) is 12.4 Å². The molecule has 1 N–H and O–H groups in total. The fourth-order valence-corrected chi connectivity index (χ4v) is 1.91. The summed E-state index contributed by atoms with van der Waals surface area (Å²) in [5.74, 6) is 0.232. The van der Waals surface area contributed by atoms with Gasteiger partial charge in [0, 0.05) is 17.4 Å². The molecule has 2 aliphatic heterocycles. The summed E-state index contributed by atoms with van der Waals surface area (Å²) < 4.78 is 0. The first-order valence-electron chi connectivity index (χ1n) is 4.85. The minimum atomic E-state index is 0.119. The molecule has 0 saturated heterocycles. The molecule has 0 aromatic heterocycles. The second kappa shape index (κ2) is 3.13. The van der Waals surface area contributed by atoms with E-state index >= 15 is 0 Å². The molecule has 0 aromatic rings. The standard InChI is InChI=1S/C11H15ClN2/c1-11(2,3)7-4-8-9(12)6-14-10(8)13-5-7/h4-6,8,10,14H,1-3H3. The molecule has 0 aliphatic carbocycles. The van der Waals surface area contributed by atoms with Crippen LogP contribution in [-0.2, 0) is 0 Å². The largest absolute Gasteiger partial charge is 0.368 e. The van der Waals surface area contributed by atoms with Crippen molar-refractivity contribution in [1.82, 2.24) is 5.32 Å². The molecule has 2 heterocycles. The highest BCUT2D eigenvalue weighted by molar-refractivity contribution is 6.30. The predicted octanol–water partition coefficient (Wildman–Crippen LogP) is 2.67. The van der Waals surface area contributed by atoms with Crippen molar-refractivity contribution in [2.75, 3.05) is 0 Å². The average Bonchev–Trinajstić information content (AvgIpc) is 2.46. The number of rotatable bonds is 0. The van der Waals surface area contributed by atoms with E-state index in [0.717, 1.165) is 5.03 Å². The Bertz CT molecular complexity index is 334. The normalized spacial score (nSPS) is 30.6. The van der Waals surface area contributed by atoms with Crippen molar-refractivity contribution >= 4 is 17.8 Å². The minimum Gasteiger partial charge on any atom is -0.368 e. The number of fused-ring (bicyclic) bond motifs is 1. The summed E-state index contributed by atoms with van der Waals surface area (Å²) in [6.07, 6.45) is 6.14. The maximum Gasteiger partial charge on any atom is 0.129 e. The maximum absolute atomic E-state index is 6.08. The van der Waals surface area contributed by atoms with E-state index in [4.69, 9.17) is 11.6 Å². The number of aliphatic imine (C=N–C) groups is 1. The Kier molecular flexibility index (Phi) is 2.18. The first-order chi connectivity index (χ1) is 6.48. The summed E-state index contributed by atoms with van der Waals surface area (Å²) in [7, 11) is 0.